The SMILES string of the molecule is CC(C)(ON1C(C)(C)CCCC1(C)C)C(=O)c1ccccc1. The molecule has 1 aromatic carbocycles. The summed E-state index contributed by atoms with van der Waals surface area (Å²) >= 11 is 0. The molecule has 0 bridgehead atoms. The number of carbonyl (C=O) groups is 1. The Hall–Kier alpha value is -1.19. The summed E-state index contributed by atoms with van der Waals surface area (Å²) in [5.74, 6) is 0.0188. The number of carbonyl (C=O) groups excluding carboxylic acids is 1. The van der Waals surface area contributed by atoms with Crippen molar-refractivity contribution in [2.45, 2.75) is 77.5 Å². The Kier molecular flexibility index (Phi) is 4.51. The molecule has 122 valence electrons. The lowest BCUT2D eigenvalue weighted by atomic mass is 9.82. The van der Waals surface area contributed by atoms with Gasteiger partial charge in [0.2, 0.25) is 0 Å². The van der Waals surface area contributed by atoms with Gasteiger partial charge in [-0.25, -0.2) is 0 Å². The van der Waals surface area contributed by atoms with E-state index in [1.54, 1.807) is 0 Å². The summed E-state index contributed by atoms with van der Waals surface area (Å²) in [7, 11) is 0. The number of nitrogens with zero attached hydrogens (tertiary/aromatic N) is 1. The molecular weight excluding hydrogens is 274 g/mol. The number of piperidine rings is 1. The Balaban J connectivity index is 2.25. The van der Waals surface area contributed by atoms with E-state index in [0.29, 0.717) is 5.56 Å². The number of rotatable bonds is 4. The Bertz CT molecular complexity index is 516. The van der Waals surface area contributed by atoms with E-state index in [1.165, 1.54) is 6.42 Å². The van der Waals surface area contributed by atoms with E-state index in [2.05, 4.69) is 32.8 Å². The first-order chi connectivity index (χ1) is 10.1. The summed E-state index contributed by atoms with van der Waals surface area (Å²) in [5, 5.41) is 2.06. The smallest absolute Gasteiger partial charge is 0.196 e. The molecule has 1 heterocycles. The first-order valence-corrected chi connectivity index (χ1v) is 8.16. The zero-order chi connectivity index (χ0) is 16.6. The molecule has 0 aromatic heterocycles. The standard InChI is InChI=1S/C19H29NO2/c1-17(2)13-10-14-18(3,4)20(17)22-19(5,6)16(21)15-11-8-7-9-12-15/h7-9,11-12H,10,13-14H2,1-6H3. The van der Waals surface area contributed by atoms with Crippen molar-refractivity contribution in [1.29, 1.82) is 0 Å². The van der Waals surface area contributed by atoms with Crippen LogP contribution in [0.15, 0.2) is 30.3 Å². The third-order valence-corrected chi connectivity index (χ3v) is 4.58. The van der Waals surface area contributed by atoms with Crippen molar-refractivity contribution in [2.24, 2.45) is 0 Å². The van der Waals surface area contributed by atoms with Gasteiger partial charge in [0.05, 0.1) is 0 Å². The van der Waals surface area contributed by atoms with E-state index < -0.39 is 5.60 Å². The van der Waals surface area contributed by atoms with E-state index >= 15 is 0 Å². The third-order valence-electron chi connectivity index (χ3n) is 4.58. The van der Waals surface area contributed by atoms with Crippen LogP contribution in [0.3, 0.4) is 0 Å². The van der Waals surface area contributed by atoms with Crippen LogP contribution in [0.2, 0.25) is 0 Å². The van der Waals surface area contributed by atoms with Crippen molar-refractivity contribution in [1.82, 2.24) is 5.06 Å². The average molecular weight is 303 g/mol. The first kappa shape index (κ1) is 17.2. The topological polar surface area (TPSA) is 29.5 Å². The monoisotopic (exact) mass is 303 g/mol. The first-order valence-electron chi connectivity index (χ1n) is 8.16. The van der Waals surface area contributed by atoms with Crippen LogP contribution in [0.4, 0.5) is 0 Å². The third kappa shape index (κ3) is 3.41. The fourth-order valence-corrected chi connectivity index (χ4v) is 3.43. The highest BCUT2D eigenvalue weighted by Gasteiger charge is 2.46. The van der Waals surface area contributed by atoms with Crippen LogP contribution in [0.5, 0.6) is 0 Å². The normalized spacial score (nSPS) is 21.5. The molecule has 1 saturated heterocycles. The summed E-state index contributed by atoms with van der Waals surface area (Å²) in [4.78, 5) is 19.1. The Morgan fingerprint density at radius 1 is 1.05 bits per heavy atom. The van der Waals surface area contributed by atoms with Crippen molar-refractivity contribution in [3.8, 4) is 0 Å². The van der Waals surface area contributed by atoms with Gasteiger partial charge in [-0.1, -0.05) is 30.3 Å². The Labute approximate surface area is 134 Å². The Morgan fingerprint density at radius 3 is 2.05 bits per heavy atom. The van der Waals surface area contributed by atoms with E-state index in [0.717, 1.165) is 12.8 Å². The predicted molar refractivity (Wildman–Crippen MR) is 89.8 cm³/mol. The van der Waals surface area contributed by atoms with Crippen molar-refractivity contribution in [3.63, 3.8) is 0 Å². The lowest BCUT2D eigenvalue weighted by Crippen LogP contribution is -2.61. The molecule has 0 radical (unpaired) electrons. The molecular formula is C19H29NO2. The highest BCUT2D eigenvalue weighted by Crippen LogP contribution is 2.40. The van der Waals surface area contributed by atoms with Gasteiger partial charge in [-0.15, -0.1) is 0 Å². The van der Waals surface area contributed by atoms with E-state index in [9.17, 15) is 4.79 Å². The Morgan fingerprint density at radius 2 is 1.55 bits per heavy atom. The second-order valence-corrected chi connectivity index (χ2v) is 8.07. The fourth-order valence-electron chi connectivity index (χ4n) is 3.43. The van der Waals surface area contributed by atoms with Crippen molar-refractivity contribution in [2.75, 3.05) is 0 Å². The molecule has 2 rings (SSSR count). The van der Waals surface area contributed by atoms with Gasteiger partial charge in [0.25, 0.3) is 0 Å². The van der Waals surface area contributed by atoms with Gasteiger partial charge in [0.1, 0.15) is 5.60 Å². The molecule has 22 heavy (non-hydrogen) atoms. The molecule has 3 heteroatoms. The van der Waals surface area contributed by atoms with Crippen LogP contribution < -0.4 is 0 Å². The van der Waals surface area contributed by atoms with Crippen LogP contribution in [0.1, 0.15) is 71.2 Å². The van der Waals surface area contributed by atoms with Gasteiger partial charge in [0.15, 0.2) is 5.78 Å². The number of Topliss-reactive ketones (excluding diaryl/α,β-unsaturated/α-hetero) is 1. The average Bonchev–Trinajstić information content (AvgIpc) is 2.43. The second-order valence-electron chi connectivity index (χ2n) is 8.07. The molecule has 0 unspecified atom stereocenters. The van der Waals surface area contributed by atoms with E-state index in [4.69, 9.17) is 4.84 Å². The van der Waals surface area contributed by atoms with Crippen molar-refractivity contribution >= 4 is 5.78 Å². The number of hydrogen-bond acceptors (Lipinski definition) is 3. The molecule has 1 aromatic rings. The molecule has 0 spiro atoms. The maximum atomic E-state index is 12.8. The highest BCUT2D eigenvalue weighted by molar-refractivity contribution is 6.01. The second kappa shape index (κ2) is 5.78. The lowest BCUT2D eigenvalue weighted by molar-refractivity contribution is -0.315. The van der Waals surface area contributed by atoms with Gasteiger partial charge in [-0.05, 0) is 60.8 Å². The van der Waals surface area contributed by atoms with Crippen LogP contribution in [0, 0.1) is 0 Å². The zero-order valence-electron chi connectivity index (χ0n) is 14.8. The van der Waals surface area contributed by atoms with Gasteiger partial charge < -0.3 is 0 Å². The zero-order valence-corrected chi connectivity index (χ0v) is 14.8. The minimum Gasteiger partial charge on any atom is -0.291 e. The van der Waals surface area contributed by atoms with E-state index in [1.807, 2.05) is 44.2 Å². The highest BCUT2D eigenvalue weighted by atomic mass is 16.7. The predicted octanol–water partition coefficient (Wildman–Crippen LogP) is 4.62. The van der Waals surface area contributed by atoms with Crippen LogP contribution in [0.25, 0.3) is 0 Å². The molecule has 1 fully saturated rings. The van der Waals surface area contributed by atoms with Crippen LogP contribution >= 0.6 is 0 Å². The summed E-state index contributed by atoms with van der Waals surface area (Å²) < 4.78 is 0. The molecule has 1 aliphatic heterocycles. The molecule has 0 saturated carbocycles. The molecule has 0 aliphatic carbocycles. The number of benzene rings is 1. The van der Waals surface area contributed by atoms with Gasteiger partial charge in [-0.2, -0.15) is 5.06 Å². The number of hydrogen-bond donors (Lipinski definition) is 0. The molecule has 0 amide bonds. The largest absolute Gasteiger partial charge is 0.291 e. The number of ketones is 1. The molecule has 0 atom stereocenters. The molecule has 1 aliphatic rings. The molecule has 0 N–H and O–H groups in total. The summed E-state index contributed by atoms with van der Waals surface area (Å²) in [5.41, 5.74) is -0.334. The summed E-state index contributed by atoms with van der Waals surface area (Å²) in [6.45, 7) is 12.5. The summed E-state index contributed by atoms with van der Waals surface area (Å²) in [6.07, 6.45) is 3.34. The van der Waals surface area contributed by atoms with Crippen LogP contribution in [-0.2, 0) is 4.84 Å². The quantitative estimate of drug-likeness (QED) is 0.760. The minimum absolute atomic E-state index is 0.0188. The number of hydroxylamine groups is 2. The van der Waals surface area contributed by atoms with Gasteiger partial charge >= 0.3 is 0 Å². The molecule has 3 nitrogen and oxygen atoms in total. The summed E-state index contributed by atoms with van der Waals surface area (Å²) in [6, 6.07) is 9.39. The van der Waals surface area contributed by atoms with Crippen molar-refractivity contribution in [3.05, 3.63) is 35.9 Å². The van der Waals surface area contributed by atoms with E-state index in [-0.39, 0.29) is 16.9 Å². The minimum atomic E-state index is -0.882. The van der Waals surface area contributed by atoms with Crippen molar-refractivity contribution < 1.29 is 9.63 Å². The van der Waals surface area contributed by atoms with Gasteiger partial charge in [0, 0.05) is 16.6 Å². The van der Waals surface area contributed by atoms with Gasteiger partial charge in [-0.3, -0.25) is 9.63 Å². The maximum absolute atomic E-state index is 12.8. The van der Waals surface area contributed by atoms with Crippen LogP contribution in [-0.4, -0.2) is 27.5 Å². The maximum Gasteiger partial charge on any atom is 0.196 e. The lowest BCUT2D eigenvalue weighted by Gasteiger charge is -2.53. The fraction of sp³-hybridized carbons (Fsp3) is 0.632.